The van der Waals surface area contributed by atoms with E-state index in [4.69, 9.17) is 4.74 Å². The second kappa shape index (κ2) is 8.90. The van der Waals surface area contributed by atoms with Gasteiger partial charge in [-0.1, -0.05) is 0 Å². The van der Waals surface area contributed by atoms with E-state index in [1.165, 1.54) is 6.07 Å². The van der Waals surface area contributed by atoms with E-state index in [0.717, 1.165) is 31.5 Å². The maximum absolute atomic E-state index is 13.4. The van der Waals surface area contributed by atoms with Crippen LogP contribution in [0.4, 0.5) is 8.78 Å². The number of halogens is 3. The van der Waals surface area contributed by atoms with E-state index < -0.39 is 11.6 Å². The lowest BCUT2D eigenvalue weighted by Crippen LogP contribution is -2.42. The number of amides is 1. The predicted octanol–water partition coefficient (Wildman–Crippen LogP) is 2.22. The van der Waals surface area contributed by atoms with Gasteiger partial charge in [-0.3, -0.25) is 4.79 Å². The number of likely N-dealkylation sites (tertiary alicyclic amines) is 1. The molecule has 1 aliphatic rings. The van der Waals surface area contributed by atoms with Gasteiger partial charge in [0.2, 0.25) is 0 Å². The van der Waals surface area contributed by atoms with Crippen molar-refractivity contribution in [3.8, 4) is 5.75 Å². The van der Waals surface area contributed by atoms with Gasteiger partial charge in [0.25, 0.3) is 5.91 Å². The highest BCUT2D eigenvalue weighted by Crippen LogP contribution is 2.19. The molecular formula is C15H21ClF2N2O2. The minimum atomic E-state index is -0.796. The summed E-state index contributed by atoms with van der Waals surface area (Å²) in [5.41, 5.74) is 0. The molecule has 22 heavy (non-hydrogen) atoms. The van der Waals surface area contributed by atoms with Crippen molar-refractivity contribution in [3.05, 3.63) is 29.8 Å². The van der Waals surface area contributed by atoms with E-state index in [-0.39, 0.29) is 30.7 Å². The van der Waals surface area contributed by atoms with Crippen LogP contribution in [-0.4, -0.2) is 44.1 Å². The first-order valence-corrected chi connectivity index (χ1v) is 7.10. The van der Waals surface area contributed by atoms with Crippen molar-refractivity contribution in [1.82, 2.24) is 10.2 Å². The van der Waals surface area contributed by atoms with Crippen LogP contribution >= 0.6 is 12.4 Å². The molecule has 4 nitrogen and oxygen atoms in total. The lowest BCUT2D eigenvalue weighted by Gasteiger charge is -2.31. The fraction of sp³-hybridized carbons (Fsp3) is 0.533. The zero-order valence-corrected chi connectivity index (χ0v) is 13.3. The molecule has 1 N–H and O–H groups in total. The number of carbonyl (C=O) groups excluding carboxylic acids is 1. The molecule has 7 heteroatoms. The molecule has 0 saturated carbocycles. The van der Waals surface area contributed by atoms with E-state index in [0.29, 0.717) is 19.0 Å². The molecule has 1 fully saturated rings. The quantitative estimate of drug-likeness (QED) is 0.897. The van der Waals surface area contributed by atoms with Crippen LogP contribution in [0.2, 0.25) is 0 Å². The van der Waals surface area contributed by atoms with Gasteiger partial charge < -0.3 is 15.0 Å². The molecule has 0 aromatic heterocycles. The minimum Gasteiger partial charge on any atom is -0.481 e. The molecule has 0 aliphatic carbocycles. The molecule has 1 amide bonds. The number of nitrogens with one attached hydrogen (secondary N) is 1. The summed E-state index contributed by atoms with van der Waals surface area (Å²) in [4.78, 5) is 13.7. The van der Waals surface area contributed by atoms with Gasteiger partial charge in [0, 0.05) is 19.2 Å². The predicted molar refractivity (Wildman–Crippen MR) is 82.3 cm³/mol. The van der Waals surface area contributed by atoms with E-state index >= 15 is 0 Å². The number of piperidine rings is 1. The molecule has 0 atom stereocenters. The number of carbonyl (C=O) groups is 1. The molecule has 1 aromatic rings. The molecular weight excluding hydrogens is 314 g/mol. The Labute approximate surface area is 135 Å². The molecule has 0 bridgehead atoms. The topological polar surface area (TPSA) is 41.6 Å². The van der Waals surface area contributed by atoms with Gasteiger partial charge in [-0.15, -0.1) is 12.4 Å². The second-order valence-corrected chi connectivity index (χ2v) is 5.25. The number of rotatable bonds is 5. The van der Waals surface area contributed by atoms with Crippen molar-refractivity contribution in [2.24, 2.45) is 5.92 Å². The number of hydrogen-bond donors (Lipinski definition) is 1. The molecule has 2 rings (SSSR count). The maximum atomic E-state index is 13.4. The number of nitrogens with zero attached hydrogens (tertiary/aromatic N) is 1. The van der Waals surface area contributed by atoms with Crippen LogP contribution < -0.4 is 10.1 Å². The first kappa shape index (κ1) is 18.6. The molecule has 0 radical (unpaired) electrons. The zero-order chi connectivity index (χ0) is 15.2. The summed E-state index contributed by atoms with van der Waals surface area (Å²) in [5.74, 6) is -1.14. The van der Waals surface area contributed by atoms with Crippen LogP contribution in [0.5, 0.6) is 5.75 Å². The first-order chi connectivity index (χ1) is 10.1. The summed E-state index contributed by atoms with van der Waals surface area (Å²) in [5, 5.41) is 3.14. The normalized spacial score (nSPS) is 15.3. The van der Waals surface area contributed by atoms with E-state index in [1.54, 1.807) is 4.90 Å². The van der Waals surface area contributed by atoms with Gasteiger partial charge in [0.15, 0.2) is 18.2 Å². The highest BCUT2D eigenvalue weighted by molar-refractivity contribution is 5.85. The molecule has 0 spiro atoms. The molecule has 124 valence electrons. The highest BCUT2D eigenvalue weighted by Gasteiger charge is 2.22. The van der Waals surface area contributed by atoms with Gasteiger partial charge in [0.1, 0.15) is 5.82 Å². The highest BCUT2D eigenvalue weighted by atomic mass is 35.5. The number of benzene rings is 1. The van der Waals surface area contributed by atoms with Crippen molar-refractivity contribution in [2.45, 2.75) is 12.8 Å². The van der Waals surface area contributed by atoms with Crippen LogP contribution in [0.25, 0.3) is 0 Å². The van der Waals surface area contributed by atoms with Crippen LogP contribution in [-0.2, 0) is 4.79 Å². The van der Waals surface area contributed by atoms with E-state index in [2.05, 4.69) is 5.32 Å². The van der Waals surface area contributed by atoms with Gasteiger partial charge in [-0.25, -0.2) is 8.78 Å². The van der Waals surface area contributed by atoms with Crippen molar-refractivity contribution >= 4 is 18.3 Å². The molecule has 1 aromatic carbocycles. The van der Waals surface area contributed by atoms with Gasteiger partial charge >= 0.3 is 0 Å². The second-order valence-electron chi connectivity index (χ2n) is 5.25. The van der Waals surface area contributed by atoms with Crippen LogP contribution in [0.15, 0.2) is 18.2 Å². The Hall–Kier alpha value is -1.40. The number of hydrogen-bond acceptors (Lipinski definition) is 3. The van der Waals surface area contributed by atoms with Crippen molar-refractivity contribution in [1.29, 1.82) is 0 Å². The molecule has 0 unspecified atom stereocenters. The van der Waals surface area contributed by atoms with Crippen molar-refractivity contribution in [2.75, 3.05) is 33.3 Å². The van der Waals surface area contributed by atoms with Crippen LogP contribution in [0.3, 0.4) is 0 Å². The van der Waals surface area contributed by atoms with Crippen molar-refractivity contribution in [3.63, 3.8) is 0 Å². The molecule has 1 heterocycles. The summed E-state index contributed by atoms with van der Waals surface area (Å²) in [6.07, 6.45) is 1.91. The van der Waals surface area contributed by atoms with Crippen LogP contribution in [0, 0.1) is 17.6 Å². The maximum Gasteiger partial charge on any atom is 0.260 e. The Bertz CT molecular complexity index is 494. The van der Waals surface area contributed by atoms with Crippen molar-refractivity contribution < 1.29 is 18.3 Å². The monoisotopic (exact) mass is 334 g/mol. The Balaban J connectivity index is 0.00000242. The standard InChI is InChI=1S/C15H20F2N2O2.ClH/c1-18-9-11-4-6-19(7-5-11)15(20)10-21-14-3-2-12(16)8-13(14)17;/h2-3,8,11,18H,4-7,9-10H2,1H3;1H. The Morgan fingerprint density at radius 2 is 2.05 bits per heavy atom. The Kier molecular flexibility index (Phi) is 7.55. The zero-order valence-electron chi connectivity index (χ0n) is 12.5. The van der Waals surface area contributed by atoms with Crippen LogP contribution in [0.1, 0.15) is 12.8 Å². The Morgan fingerprint density at radius 3 is 2.64 bits per heavy atom. The SMILES string of the molecule is CNCC1CCN(C(=O)COc2ccc(F)cc2F)CC1.Cl. The average Bonchev–Trinajstić information content (AvgIpc) is 2.47. The number of ether oxygens (including phenoxy) is 1. The summed E-state index contributed by atoms with van der Waals surface area (Å²) < 4.78 is 31.3. The Morgan fingerprint density at radius 1 is 1.36 bits per heavy atom. The lowest BCUT2D eigenvalue weighted by molar-refractivity contribution is -0.134. The van der Waals surface area contributed by atoms with Gasteiger partial charge in [-0.05, 0) is 44.5 Å². The molecule has 1 saturated heterocycles. The largest absolute Gasteiger partial charge is 0.481 e. The summed E-state index contributed by atoms with van der Waals surface area (Å²) in [6, 6.07) is 3.03. The third-order valence-corrected chi connectivity index (χ3v) is 3.71. The first-order valence-electron chi connectivity index (χ1n) is 7.10. The smallest absolute Gasteiger partial charge is 0.260 e. The van der Waals surface area contributed by atoms with Gasteiger partial charge in [0.05, 0.1) is 0 Å². The van der Waals surface area contributed by atoms with E-state index in [9.17, 15) is 13.6 Å². The average molecular weight is 335 g/mol. The third-order valence-electron chi connectivity index (χ3n) is 3.71. The van der Waals surface area contributed by atoms with Gasteiger partial charge in [-0.2, -0.15) is 0 Å². The third kappa shape index (κ3) is 5.10. The fourth-order valence-corrected chi connectivity index (χ4v) is 2.50. The minimum absolute atomic E-state index is 0. The summed E-state index contributed by atoms with van der Waals surface area (Å²) in [7, 11) is 1.92. The summed E-state index contributed by atoms with van der Waals surface area (Å²) >= 11 is 0. The fourth-order valence-electron chi connectivity index (χ4n) is 2.50. The van der Waals surface area contributed by atoms with E-state index in [1.807, 2.05) is 7.05 Å². The summed E-state index contributed by atoms with van der Waals surface area (Å²) in [6.45, 7) is 2.12. The molecule has 1 aliphatic heterocycles. The lowest BCUT2D eigenvalue weighted by atomic mass is 9.97.